The molecule has 0 radical (unpaired) electrons. The normalized spacial score (nSPS) is 15.1. The predicted octanol–water partition coefficient (Wildman–Crippen LogP) is 5.35. The van der Waals surface area contributed by atoms with Gasteiger partial charge in [0.25, 0.3) is 0 Å². The first-order chi connectivity index (χ1) is 16.7. The number of nitrogens with zero attached hydrogens (tertiary/aromatic N) is 3. The van der Waals surface area contributed by atoms with Gasteiger partial charge in [-0.15, -0.1) is 0 Å². The van der Waals surface area contributed by atoms with Crippen LogP contribution in [0.3, 0.4) is 0 Å². The summed E-state index contributed by atoms with van der Waals surface area (Å²) in [6, 6.07) is 18.2. The highest BCUT2D eigenvalue weighted by atomic mass is 16.5. The lowest BCUT2D eigenvalue weighted by atomic mass is 9.93. The van der Waals surface area contributed by atoms with Gasteiger partial charge in [-0.3, -0.25) is 5.10 Å². The molecule has 34 heavy (non-hydrogen) atoms. The maximum Gasteiger partial charge on any atom is 0.227 e. The van der Waals surface area contributed by atoms with E-state index in [4.69, 9.17) is 9.72 Å². The number of benzene rings is 2. The van der Waals surface area contributed by atoms with Crippen LogP contribution in [0, 0.1) is 12.8 Å². The molecule has 2 aromatic heterocycles. The fourth-order valence-electron chi connectivity index (χ4n) is 4.39. The number of anilines is 2. The van der Waals surface area contributed by atoms with Gasteiger partial charge in [-0.25, -0.2) is 9.97 Å². The number of ether oxygens (including phenoxy) is 1. The molecule has 0 spiro atoms. The van der Waals surface area contributed by atoms with Crippen molar-refractivity contribution in [2.24, 2.45) is 5.92 Å². The summed E-state index contributed by atoms with van der Waals surface area (Å²) in [5.74, 6) is 1.95. The average Bonchev–Trinajstić information content (AvgIpc) is 3.35. The first kappa shape index (κ1) is 22.1. The van der Waals surface area contributed by atoms with Gasteiger partial charge in [0, 0.05) is 35.3 Å². The van der Waals surface area contributed by atoms with Crippen LogP contribution >= 0.6 is 0 Å². The highest BCUT2D eigenvalue weighted by molar-refractivity contribution is 5.79. The molecule has 0 aliphatic carbocycles. The van der Waals surface area contributed by atoms with E-state index in [1.54, 1.807) is 6.20 Å². The molecule has 7 nitrogen and oxygen atoms in total. The summed E-state index contributed by atoms with van der Waals surface area (Å²) in [4.78, 5) is 9.17. The monoisotopic (exact) mass is 454 g/mol. The molecule has 1 unspecified atom stereocenters. The maximum atomic E-state index is 6.27. The van der Waals surface area contributed by atoms with Crippen molar-refractivity contribution in [3.63, 3.8) is 0 Å². The summed E-state index contributed by atoms with van der Waals surface area (Å²) in [6.45, 7) is 6.37. The molecule has 0 saturated carbocycles. The van der Waals surface area contributed by atoms with E-state index < -0.39 is 0 Å². The maximum absolute atomic E-state index is 6.27. The fourth-order valence-corrected chi connectivity index (χ4v) is 4.39. The van der Waals surface area contributed by atoms with E-state index in [9.17, 15) is 0 Å². The van der Waals surface area contributed by atoms with Crippen LogP contribution in [0.2, 0.25) is 0 Å². The van der Waals surface area contributed by atoms with Gasteiger partial charge < -0.3 is 15.4 Å². The lowest BCUT2D eigenvalue weighted by Crippen LogP contribution is -2.35. The van der Waals surface area contributed by atoms with Crippen LogP contribution in [0.25, 0.3) is 22.5 Å². The Hall–Kier alpha value is -3.71. The molecule has 1 aliphatic rings. The molecule has 3 heterocycles. The molecular weight excluding hydrogens is 424 g/mol. The molecule has 1 saturated heterocycles. The smallest absolute Gasteiger partial charge is 0.227 e. The van der Waals surface area contributed by atoms with Gasteiger partial charge in [-0.05, 0) is 63.9 Å². The second-order valence-electron chi connectivity index (χ2n) is 8.84. The summed E-state index contributed by atoms with van der Waals surface area (Å²) in [5, 5.41) is 14.2. The molecule has 2 aromatic carbocycles. The number of aromatic nitrogens is 4. The highest BCUT2D eigenvalue weighted by Crippen LogP contribution is 2.30. The molecule has 7 heteroatoms. The Morgan fingerprint density at radius 2 is 1.88 bits per heavy atom. The molecule has 174 valence electrons. The van der Waals surface area contributed by atoms with Crippen LogP contribution in [0.15, 0.2) is 67.0 Å². The Labute approximate surface area is 200 Å². The molecule has 4 aromatic rings. The van der Waals surface area contributed by atoms with E-state index in [0.717, 1.165) is 59.9 Å². The standard InChI is InChI=1S/C27H30N6O/c1-18-6-8-21(9-7-18)26-24(17-30-33-26)25-12-15-29-27(32-25)31-22-4-3-5-23(16-22)34-19(2)20-10-13-28-14-11-20/h3-9,12,15-17,19-20,28H,10-11,13-14H2,1-2H3,(H,30,33)(H,29,31,32). The minimum atomic E-state index is 0.179. The van der Waals surface area contributed by atoms with Gasteiger partial charge in [-0.2, -0.15) is 5.10 Å². The zero-order chi connectivity index (χ0) is 23.3. The molecule has 0 bridgehead atoms. The van der Waals surface area contributed by atoms with E-state index in [1.807, 2.05) is 36.5 Å². The van der Waals surface area contributed by atoms with Crippen molar-refractivity contribution in [1.29, 1.82) is 0 Å². The number of hydrogen-bond donors (Lipinski definition) is 3. The number of piperidine rings is 1. The van der Waals surface area contributed by atoms with Gasteiger partial charge in [0.1, 0.15) is 11.4 Å². The summed E-state index contributed by atoms with van der Waals surface area (Å²) >= 11 is 0. The largest absolute Gasteiger partial charge is 0.490 e. The predicted molar refractivity (Wildman–Crippen MR) is 135 cm³/mol. The lowest BCUT2D eigenvalue weighted by Gasteiger charge is -2.28. The first-order valence-electron chi connectivity index (χ1n) is 11.8. The number of aromatic amines is 1. The van der Waals surface area contributed by atoms with Crippen molar-refractivity contribution in [2.45, 2.75) is 32.8 Å². The van der Waals surface area contributed by atoms with Crippen molar-refractivity contribution >= 4 is 11.6 Å². The average molecular weight is 455 g/mol. The first-order valence-corrected chi connectivity index (χ1v) is 11.8. The zero-order valence-corrected chi connectivity index (χ0v) is 19.6. The van der Waals surface area contributed by atoms with Crippen molar-refractivity contribution in [3.8, 4) is 28.3 Å². The Balaban J connectivity index is 1.32. The van der Waals surface area contributed by atoms with E-state index >= 15 is 0 Å². The molecule has 5 rings (SSSR count). The van der Waals surface area contributed by atoms with Crippen molar-refractivity contribution < 1.29 is 4.74 Å². The quantitative estimate of drug-likeness (QED) is 0.349. The van der Waals surface area contributed by atoms with Gasteiger partial charge >= 0.3 is 0 Å². The SMILES string of the molecule is Cc1ccc(-c2n[nH]cc2-c2ccnc(Nc3cccc(OC(C)C4CCNCC4)c3)n2)cc1. The minimum absolute atomic E-state index is 0.179. The third kappa shape index (κ3) is 5.10. The van der Waals surface area contributed by atoms with Crippen molar-refractivity contribution in [1.82, 2.24) is 25.5 Å². The van der Waals surface area contributed by atoms with Crippen LogP contribution in [-0.2, 0) is 0 Å². The van der Waals surface area contributed by atoms with E-state index in [1.165, 1.54) is 5.56 Å². The van der Waals surface area contributed by atoms with Crippen LogP contribution in [0.4, 0.5) is 11.6 Å². The second kappa shape index (κ2) is 10.1. The lowest BCUT2D eigenvalue weighted by molar-refractivity contribution is 0.128. The van der Waals surface area contributed by atoms with Gasteiger partial charge in [-0.1, -0.05) is 35.9 Å². The number of hydrogen-bond acceptors (Lipinski definition) is 6. The van der Waals surface area contributed by atoms with Gasteiger partial charge in [0.15, 0.2) is 0 Å². The summed E-state index contributed by atoms with van der Waals surface area (Å²) < 4.78 is 6.27. The Morgan fingerprint density at radius 3 is 2.71 bits per heavy atom. The fraction of sp³-hybridized carbons (Fsp3) is 0.296. The summed E-state index contributed by atoms with van der Waals surface area (Å²) in [6.07, 6.45) is 6.11. The summed E-state index contributed by atoms with van der Waals surface area (Å²) in [7, 11) is 0. The number of nitrogens with one attached hydrogen (secondary N) is 3. The van der Waals surface area contributed by atoms with Crippen molar-refractivity contribution in [3.05, 3.63) is 72.6 Å². The second-order valence-corrected chi connectivity index (χ2v) is 8.84. The number of H-pyrrole nitrogens is 1. The Morgan fingerprint density at radius 1 is 1.06 bits per heavy atom. The molecule has 1 atom stereocenters. The van der Waals surface area contributed by atoms with Crippen LogP contribution in [0.1, 0.15) is 25.3 Å². The van der Waals surface area contributed by atoms with Crippen molar-refractivity contribution in [2.75, 3.05) is 18.4 Å². The van der Waals surface area contributed by atoms with Gasteiger partial charge in [0.2, 0.25) is 5.95 Å². The Kier molecular flexibility index (Phi) is 6.53. The number of aryl methyl sites for hydroxylation is 1. The Bertz CT molecular complexity index is 1230. The van der Waals surface area contributed by atoms with Crippen LogP contribution < -0.4 is 15.4 Å². The van der Waals surface area contributed by atoms with E-state index in [2.05, 4.69) is 63.9 Å². The summed E-state index contributed by atoms with van der Waals surface area (Å²) in [5.41, 5.74) is 5.74. The van der Waals surface area contributed by atoms with Crippen LogP contribution in [0.5, 0.6) is 5.75 Å². The highest BCUT2D eigenvalue weighted by Gasteiger charge is 2.21. The van der Waals surface area contributed by atoms with E-state index in [0.29, 0.717) is 11.9 Å². The minimum Gasteiger partial charge on any atom is -0.490 e. The molecule has 1 aliphatic heterocycles. The third-order valence-corrected chi connectivity index (χ3v) is 6.36. The van der Waals surface area contributed by atoms with E-state index in [-0.39, 0.29) is 6.10 Å². The van der Waals surface area contributed by atoms with Gasteiger partial charge in [0.05, 0.1) is 11.8 Å². The molecule has 3 N–H and O–H groups in total. The topological polar surface area (TPSA) is 87.8 Å². The molecule has 1 fully saturated rings. The van der Waals surface area contributed by atoms with Crippen LogP contribution in [-0.4, -0.2) is 39.4 Å². The third-order valence-electron chi connectivity index (χ3n) is 6.36. The molecular formula is C27H30N6O. The number of rotatable bonds is 7. The molecule has 0 amide bonds. The zero-order valence-electron chi connectivity index (χ0n) is 19.6.